The molecule has 0 amide bonds. The van der Waals surface area contributed by atoms with E-state index in [-0.39, 0.29) is 11.5 Å². The first-order chi connectivity index (χ1) is 12.6. The first-order valence-corrected chi connectivity index (χ1v) is 7.70. The smallest absolute Gasteiger partial charge is 0.163 e. The number of aromatic nitrogens is 3. The van der Waals surface area contributed by atoms with Crippen molar-refractivity contribution < 1.29 is 13.2 Å². The lowest BCUT2D eigenvalue weighted by atomic mass is 10.2. The molecule has 2 heterocycles. The SMILES string of the molecule is Fc1cc(F)c(Nc2nc(-c3cccnc3)nc3ccccc23)cc1F. The maximum absolute atomic E-state index is 14.0. The first kappa shape index (κ1) is 16.0. The summed E-state index contributed by atoms with van der Waals surface area (Å²) >= 11 is 0. The van der Waals surface area contributed by atoms with Gasteiger partial charge in [-0.05, 0) is 24.3 Å². The topological polar surface area (TPSA) is 50.7 Å². The standard InChI is InChI=1S/C19H11F3N4/c20-13-8-15(22)17(9-14(13)21)25-19-12-5-1-2-6-16(12)24-18(26-19)11-4-3-7-23-10-11/h1-10H,(H,24,25,26). The van der Waals surface area contributed by atoms with Crippen LogP contribution in [0.4, 0.5) is 24.7 Å². The molecule has 0 aliphatic rings. The Bertz CT molecular complexity index is 1100. The predicted octanol–water partition coefficient (Wildman–Crippen LogP) is 4.85. The molecule has 0 atom stereocenters. The highest BCUT2D eigenvalue weighted by atomic mass is 19.2. The molecule has 0 aliphatic carbocycles. The second-order valence-corrected chi connectivity index (χ2v) is 5.53. The van der Waals surface area contributed by atoms with Crippen molar-refractivity contribution in [2.24, 2.45) is 0 Å². The lowest BCUT2D eigenvalue weighted by molar-refractivity contribution is 0.496. The number of rotatable bonds is 3. The van der Waals surface area contributed by atoms with Gasteiger partial charge in [0.25, 0.3) is 0 Å². The Labute approximate surface area is 146 Å². The van der Waals surface area contributed by atoms with E-state index < -0.39 is 17.5 Å². The molecular formula is C19H11F3N4. The van der Waals surface area contributed by atoms with Crippen LogP contribution in [0.3, 0.4) is 0 Å². The van der Waals surface area contributed by atoms with Gasteiger partial charge in [-0.2, -0.15) is 0 Å². The Kier molecular flexibility index (Phi) is 3.96. The average Bonchev–Trinajstić information content (AvgIpc) is 2.66. The largest absolute Gasteiger partial charge is 0.337 e. The van der Waals surface area contributed by atoms with Gasteiger partial charge in [-0.1, -0.05) is 12.1 Å². The van der Waals surface area contributed by atoms with Gasteiger partial charge in [0.1, 0.15) is 11.6 Å². The second-order valence-electron chi connectivity index (χ2n) is 5.53. The number of benzene rings is 2. The third-order valence-corrected chi connectivity index (χ3v) is 3.79. The lowest BCUT2D eigenvalue weighted by Gasteiger charge is -2.12. The van der Waals surface area contributed by atoms with Gasteiger partial charge in [-0.3, -0.25) is 4.98 Å². The third kappa shape index (κ3) is 2.95. The summed E-state index contributed by atoms with van der Waals surface area (Å²) in [5, 5.41) is 3.36. The molecule has 0 bridgehead atoms. The van der Waals surface area contributed by atoms with E-state index in [1.54, 1.807) is 42.7 Å². The molecule has 0 saturated heterocycles. The minimum absolute atomic E-state index is 0.218. The summed E-state index contributed by atoms with van der Waals surface area (Å²) < 4.78 is 40.7. The number of hydrogen-bond donors (Lipinski definition) is 1. The Balaban J connectivity index is 1.87. The van der Waals surface area contributed by atoms with Gasteiger partial charge in [-0.15, -0.1) is 0 Å². The number of pyridine rings is 1. The van der Waals surface area contributed by atoms with E-state index in [2.05, 4.69) is 20.3 Å². The molecule has 2 aromatic carbocycles. The van der Waals surface area contributed by atoms with E-state index >= 15 is 0 Å². The van der Waals surface area contributed by atoms with E-state index in [1.807, 2.05) is 6.07 Å². The second kappa shape index (κ2) is 6.44. The molecule has 0 unspecified atom stereocenters. The zero-order valence-corrected chi connectivity index (χ0v) is 13.2. The third-order valence-electron chi connectivity index (χ3n) is 3.79. The van der Waals surface area contributed by atoms with Crippen LogP contribution >= 0.6 is 0 Å². The molecule has 2 aromatic heterocycles. The van der Waals surface area contributed by atoms with Crippen LogP contribution in [0.25, 0.3) is 22.3 Å². The molecule has 128 valence electrons. The average molecular weight is 352 g/mol. The minimum Gasteiger partial charge on any atom is -0.337 e. The number of nitrogens with one attached hydrogen (secondary N) is 1. The Hall–Kier alpha value is -3.48. The van der Waals surface area contributed by atoms with Gasteiger partial charge in [0.05, 0.1) is 11.2 Å². The summed E-state index contributed by atoms with van der Waals surface area (Å²) in [6.45, 7) is 0. The Morgan fingerprint density at radius 3 is 2.42 bits per heavy atom. The van der Waals surface area contributed by atoms with Crippen LogP contribution in [0.1, 0.15) is 0 Å². The summed E-state index contributed by atoms with van der Waals surface area (Å²) in [5.41, 5.74) is 1.07. The summed E-state index contributed by atoms with van der Waals surface area (Å²) in [5.74, 6) is -2.67. The summed E-state index contributed by atoms with van der Waals surface area (Å²) in [7, 11) is 0. The van der Waals surface area contributed by atoms with Crippen LogP contribution in [0, 0.1) is 17.5 Å². The molecule has 0 aliphatic heterocycles. The fourth-order valence-corrected chi connectivity index (χ4v) is 2.54. The van der Waals surface area contributed by atoms with Crippen LogP contribution in [-0.2, 0) is 0 Å². The quantitative estimate of drug-likeness (QED) is 0.536. The number of nitrogens with zero attached hydrogens (tertiary/aromatic N) is 3. The zero-order chi connectivity index (χ0) is 18.1. The van der Waals surface area contributed by atoms with Crippen LogP contribution in [0.15, 0.2) is 60.9 Å². The lowest BCUT2D eigenvalue weighted by Crippen LogP contribution is -2.02. The van der Waals surface area contributed by atoms with Crippen molar-refractivity contribution in [2.45, 2.75) is 0 Å². The molecule has 4 nitrogen and oxygen atoms in total. The normalized spacial score (nSPS) is 10.9. The van der Waals surface area contributed by atoms with Crippen molar-refractivity contribution >= 4 is 22.4 Å². The zero-order valence-electron chi connectivity index (χ0n) is 13.2. The van der Waals surface area contributed by atoms with Crippen LogP contribution in [0.2, 0.25) is 0 Å². The highest BCUT2D eigenvalue weighted by Gasteiger charge is 2.14. The molecule has 26 heavy (non-hydrogen) atoms. The van der Waals surface area contributed by atoms with Crippen molar-refractivity contribution in [3.05, 3.63) is 78.4 Å². The summed E-state index contributed by atoms with van der Waals surface area (Å²) in [6, 6.07) is 11.9. The highest BCUT2D eigenvalue weighted by Crippen LogP contribution is 2.28. The number of anilines is 2. The van der Waals surface area contributed by atoms with Gasteiger partial charge in [0.2, 0.25) is 0 Å². The van der Waals surface area contributed by atoms with Crippen molar-refractivity contribution in [2.75, 3.05) is 5.32 Å². The monoisotopic (exact) mass is 352 g/mol. The van der Waals surface area contributed by atoms with E-state index in [0.717, 1.165) is 6.07 Å². The van der Waals surface area contributed by atoms with Crippen LogP contribution in [0.5, 0.6) is 0 Å². The molecule has 0 saturated carbocycles. The number of para-hydroxylation sites is 1. The van der Waals surface area contributed by atoms with Crippen molar-refractivity contribution in [3.63, 3.8) is 0 Å². The van der Waals surface area contributed by atoms with Gasteiger partial charge < -0.3 is 5.32 Å². The van der Waals surface area contributed by atoms with Crippen molar-refractivity contribution in [1.82, 2.24) is 15.0 Å². The number of halogens is 3. The Morgan fingerprint density at radius 2 is 1.62 bits per heavy atom. The fourth-order valence-electron chi connectivity index (χ4n) is 2.54. The van der Waals surface area contributed by atoms with Crippen LogP contribution in [-0.4, -0.2) is 15.0 Å². The Morgan fingerprint density at radius 1 is 0.808 bits per heavy atom. The maximum atomic E-state index is 14.0. The molecule has 4 rings (SSSR count). The van der Waals surface area contributed by atoms with Crippen molar-refractivity contribution in [3.8, 4) is 11.4 Å². The maximum Gasteiger partial charge on any atom is 0.163 e. The first-order valence-electron chi connectivity index (χ1n) is 7.70. The number of hydrogen-bond acceptors (Lipinski definition) is 4. The van der Waals surface area contributed by atoms with Gasteiger partial charge in [-0.25, -0.2) is 23.1 Å². The van der Waals surface area contributed by atoms with Crippen molar-refractivity contribution in [1.29, 1.82) is 0 Å². The molecule has 0 spiro atoms. The van der Waals surface area contributed by atoms with E-state index in [1.165, 1.54) is 0 Å². The molecule has 1 N–H and O–H groups in total. The fraction of sp³-hybridized carbons (Fsp3) is 0. The predicted molar refractivity (Wildman–Crippen MR) is 92.4 cm³/mol. The summed E-state index contributed by atoms with van der Waals surface area (Å²) in [4.78, 5) is 12.9. The molecule has 0 radical (unpaired) electrons. The van der Waals surface area contributed by atoms with Crippen LogP contribution < -0.4 is 5.32 Å². The van der Waals surface area contributed by atoms with Gasteiger partial charge >= 0.3 is 0 Å². The van der Waals surface area contributed by atoms with E-state index in [4.69, 9.17) is 0 Å². The van der Waals surface area contributed by atoms with Gasteiger partial charge in [0.15, 0.2) is 17.5 Å². The highest BCUT2D eigenvalue weighted by molar-refractivity contribution is 5.92. The van der Waals surface area contributed by atoms with E-state index in [9.17, 15) is 13.2 Å². The molecule has 4 aromatic rings. The minimum atomic E-state index is -1.25. The molecule has 0 fully saturated rings. The molecule has 7 heteroatoms. The van der Waals surface area contributed by atoms with E-state index in [0.29, 0.717) is 28.4 Å². The number of fused-ring (bicyclic) bond motifs is 1. The summed E-state index contributed by atoms with van der Waals surface area (Å²) in [6.07, 6.45) is 3.23. The molecular weight excluding hydrogens is 341 g/mol. The van der Waals surface area contributed by atoms with Gasteiger partial charge in [0, 0.05) is 35.5 Å².